The summed E-state index contributed by atoms with van der Waals surface area (Å²) in [5, 5.41) is 9.17. The van der Waals surface area contributed by atoms with E-state index >= 15 is 0 Å². The molecule has 0 rings (SSSR count). The summed E-state index contributed by atoms with van der Waals surface area (Å²) >= 11 is 0. The van der Waals surface area contributed by atoms with Gasteiger partial charge in [0.25, 0.3) is 0 Å². The number of carbonyl (C=O) groups is 2. The second-order valence-corrected chi connectivity index (χ2v) is 8.19. The van der Waals surface area contributed by atoms with Crippen molar-refractivity contribution in [3.05, 3.63) is 0 Å². The van der Waals surface area contributed by atoms with Gasteiger partial charge in [0, 0.05) is 39.0 Å². The van der Waals surface area contributed by atoms with E-state index in [1.165, 1.54) is 64.2 Å². The predicted octanol–water partition coefficient (Wildman–Crippen LogP) is 5.09. The van der Waals surface area contributed by atoms with E-state index in [1.54, 1.807) is 0 Å². The minimum absolute atomic E-state index is 0.156. The SMILES string of the molecule is CCCCCCCCCC(=O)NCCNCCNC(=O)CCCCCCCCC. The molecule has 0 unspecified atom stereocenters. The molecule has 0 bridgehead atoms. The lowest BCUT2D eigenvalue weighted by atomic mass is 10.1. The Hall–Kier alpha value is -1.10. The molecule has 0 aromatic rings. The quantitative estimate of drug-likeness (QED) is 0.217. The molecule has 0 aliphatic rings. The molecule has 2 amide bonds. The van der Waals surface area contributed by atoms with Crippen LogP contribution in [0.5, 0.6) is 0 Å². The minimum atomic E-state index is 0.156. The Morgan fingerprint density at radius 2 is 0.828 bits per heavy atom. The lowest BCUT2D eigenvalue weighted by Gasteiger charge is -2.08. The van der Waals surface area contributed by atoms with Crippen molar-refractivity contribution in [1.82, 2.24) is 16.0 Å². The van der Waals surface area contributed by atoms with Gasteiger partial charge < -0.3 is 16.0 Å². The molecule has 5 heteroatoms. The summed E-state index contributed by atoms with van der Waals surface area (Å²) in [5.41, 5.74) is 0. The van der Waals surface area contributed by atoms with Crippen molar-refractivity contribution in [3.8, 4) is 0 Å². The van der Waals surface area contributed by atoms with Crippen molar-refractivity contribution < 1.29 is 9.59 Å². The van der Waals surface area contributed by atoms with E-state index in [9.17, 15) is 9.59 Å². The predicted molar refractivity (Wildman–Crippen MR) is 124 cm³/mol. The first-order valence-electron chi connectivity index (χ1n) is 12.4. The van der Waals surface area contributed by atoms with Crippen molar-refractivity contribution in [1.29, 1.82) is 0 Å². The smallest absolute Gasteiger partial charge is 0.220 e. The number of hydrogen-bond donors (Lipinski definition) is 3. The van der Waals surface area contributed by atoms with Crippen LogP contribution in [0.15, 0.2) is 0 Å². The summed E-state index contributed by atoms with van der Waals surface area (Å²) in [4.78, 5) is 23.5. The third-order valence-electron chi connectivity index (χ3n) is 5.26. The maximum atomic E-state index is 11.8. The number of rotatable bonds is 22. The van der Waals surface area contributed by atoms with E-state index in [0.29, 0.717) is 25.9 Å². The molecular formula is C24H49N3O2. The molecule has 0 saturated heterocycles. The van der Waals surface area contributed by atoms with Crippen LogP contribution in [0.1, 0.15) is 117 Å². The topological polar surface area (TPSA) is 70.2 Å². The molecule has 0 atom stereocenters. The molecule has 0 aromatic carbocycles. The molecule has 0 aliphatic heterocycles. The van der Waals surface area contributed by atoms with E-state index in [1.807, 2.05) is 0 Å². The fourth-order valence-corrected chi connectivity index (χ4v) is 3.37. The van der Waals surface area contributed by atoms with Gasteiger partial charge in [-0.05, 0) is 12.8 Å². The van der Waals surface area contributed by atoms with E-state index < -0.39 is 0 Å². The van der Waals surface area contributed by atoms with Gasteiger partial charge in [-0.15, -0.1) is 0 Å². The van der Waals surface area contributed by atoms with E-state index in [0.717, 1.165) is 38.8 Å². The van der Waals surface area contributed by atoms with Gasteiger partial charge in [-0.1, -0.05) is 90.9 Å². The van der Waals surface area contributed by atoms with Crippen LogP contribution in [-0.4, -0.2) is 38.0 Å². The highest BCUT2D eigenvalue weighted by Crippen LogP contribution is 2.09. The van der Waals surface area contributed by atoms with Crippen molar-refractivity contribution in [2.75, 3.05) is 26.2 Å². The second-order valence-electron chi connectivity index (χ2n) is 8.19. The van der Waals surface area contributed by atoms with Crippen molar-refractivity contribution >= 4 is 11.8 Å². The van der Waals surface area contributed by atoms with Crippen LogP contribution in [0.4, 0.5) is 0 Å². The van der Waals surface area contributed by atoms with Gasteiger partial charge in [0.2, 0.25) is 11.8 Å². The zero-order valence-electron chi connectivity index (χ0n) is 19.5. The highest BCUT2D eigenvalue weighted by atomic mass is 16.2. The molecule has 0 heterocycles. The number of unbranched alkanes of at least 4 members (excludes halogenated alkanes) is 12. The van der Waals surface area contributed by atoms with Crippen LogP contribution in [0, 0.1) is 0 Å². The molecular weight excluding hydrogens is 362 g/mol. The summed E-state index contributed by atoms with van der Waals surface area (Å²) < 4.78 is 0. The number of nitrogens with one attached hydrogen (secondary N) is 3. The van der Waals surface area contributed by atoms with E-state index in [-0.39, 0.29) is 11.8 Å². The zero-order chi connectivity index (χ0) is 21.4. The van der Waals surface area contributed by atoms with E-state index in [4.69, 9.17) is 0 Å². The molecule has 5 nitrogen and oxygen atoms in total. The summed E-state index contributed by atoms with van der Waals surface area (Å²) in [7, 11) is 0. The monoisotopic (exact) mass is 411 g/mol. The summed E-state index contributed by atoms with van der Waals surface area (Å²) in [6, 6.07) is 0. The van der Waals surface area contributed by atoms with Crippen LogP contribution in [-0.2, 0) is 9.59 Å². The molecule has 0 aliphatic carbocycles. The van der Waals surface area contributed by atoms with Gasteiger partial charge in [-0.25, -0.2) is 0 Å². The molecule has 29 heavy (non-hydrogen) atoms. The maximum Gasteiger partial charge on any atom is 0.220 e. The molecule has 0 radical (unpaired) electrons. The first kappa shape index (κ1) is 27.9. The van der Waals surface area contributed by atoms with Gasteiger partial charge in [-0.2, -0.15) is 0 Å². The molecule has 0 spiro atoms. The Morgan fingerprint density at radius 3 is 1.21 bits per heavy atom. The molecule has 3 N–H and O–H groups in total. The van der Waals surface area contributed by atoms with Gasteiger partial charge >= 0.3 is 0 Å². The minimum Gasteiger partial charge on any atom is -0.355 e. The second kappa shape index (κ2) is 23.2. The average Bonchev–Trinajstić information content (AvgIpc) is 2.71. The van der Waals surface area contributed by atoms with E-state index in [2.05, 4.69) is 29.8 Å². The Labute approximate surface area is 180 Å². The van der Waals surface area contributed by atoms with Gasteiger partial charge in [-0.3, -0.25) is 9.59 Å². The normalized spacial score (nSPS) is 10.8. The third kappa shape index (κ3) is 23.0. The fourth-order valence-electron chi connectivity index (χ4n) is 3.37. The fraction of sp³-hybridized carbons (Fsp3) is 0.917. The summed E-state index contributed by atoms with van der Waals surface area (Å²) in [6.45, 7) is 7.26. The number of hydrogen-bond acceptors (Lipinski definition) is 3. The van der Waals surface area contributed by atoms with Gasteiger partial charge in [0.1, 0.15) is 0 Å². The average molecular weight is 412 g/mol. The molecule has 0 fully saturated rings. The lowest BCUT2D eigenvalue weighted by molar-refractivity contribution is -0.121. The van der Waals surface area contributed by atoms with Crippen LogP contribution in [0.2, 0.25) is 0 Å². The van der Waals surface area contributed by atoms with Gasteiger partial charge in [0.15, 0.2) is 0 Å². The molecule has 172 valence electrons. The Kier molecular flexibility index (Phi) is 22.3. The Morgan fingerprint density at radius 1 is 0.483 bits per heavy atom. The van der Waals surface area contributed by atoms with Crippen molar-refractivity contribution in [3.63, 3.8) is 0 Å². The Bertz CT molecular complexity index is 341. The highest BCUT2D eigenvalue weighted by molar-refractivity contribution is 5.76. The van der Waals surface area contributed by atoms with Crippen molar-refractivity contribution in [2.24, 2.45) is 0 Å². The van der Waals surface area contributed by atoms with Crippen LogP contribution < -0.4 is 16.0 Å². The molecule has 0 saturated carbocycles. The standard InChI is InChI=1S/C24H49N3O2/c1-3-5-7-9-11-13-15-17-23(28)26-21-19-25-20-22-27-24(29)18-16-14-12-10-8-6-4-2/h25H,3-22H2,1-2H3,(H,26,28)(H,27,29). The largest absolute Gasteiger partial charge is 0.355 e. The third-order valence-corrected chi connectivity index (χ3v) is 5.26. The van der Waals surface area contributed by atoms with Crippen LogP contribution >= 0.6 is 0 Å². The highest BCUT2D eigenvalue weighted by Gasteiger charge is 2.02. The first-order chi connectivity index (χ1) is 14.2. The van der Waals surface area contributed by atoms with Gasteiger partial charge in [0.05, 0.1) is 0 Å². The summed E-state index contributed by atoms with van der Waals surface area (Å²) in [6.07, 6.45) is 18.6. The number of carbonyl (C=O) groups excluding carboxylic acids is 2. The van der Waals surface area contributed by atoms with Crippen LogP contribution in [0.3, 0.4) is 0 Å². The first-order valence-corrected chi connectivity index (χ1v) is 12.4. The lowest BCUT2D eigenvalue weighted by Crippen LogP contribution is -2.36. The van der Waals surface area contributed by atoms with Crippen LogP contribution in [0.25, 0.3) is 0 Å². The summed E-state index contributed by atoms with van der Waals surface area (Å²) in [5.74, 6) is 0.312. The van der Waals surface area contributed by atoms with Crippen molar-refractivity contribution in [2.45, 2.75) is 117 Å². The number of amides is 2. The Balaban J connectivity index is 3.27. The molecule has 0 aromatic heterocycles. The maximum absolute atomic E-state index is 11.8. The zero-order valence-corrected chi connectivity index (χ0v) is 19.5.